The molecule has 68 heavy (non-hydrogen) atoms. The minimum atomic E-state index is -2.39. The van der Waals surface area contributed by atoms with Crippen molar-refractivity contribution in [3.8, 4) is 0 Å². The van der Waals surface area contributed by atoms with Crippen molar-refractivity contribution in [3.05, 3.63) is 0 Å². The molecule has 0 unspecified atom stereocenters. The number of rotatable bonds is 29. The molecule has 0 aliphatic carbocycles. The molecule has 0 saturated carbocycles. The highest BCUT2D eigenvalue weighted by Crippen LogP contribution is 2.37. The fourth-order valence-corrected chi connectivity index (χ4v) is 16.2. The summed E-state index contributed by atoms with van der Waals surface area (Å²) in [7, 11) is -19.6. The van der Waals surface area contributed by atoms with Crippen molar-refractivity contribution in [3.63, 3.8) is 0 Å². The Morgan fingerprint density at radius 1 is 0.456 bits per heavy atom. The Morgan fingerprint density at radius 2 is 0.926 bits per heavy atom. The summed E-state index contributed by atoms with van der Waals surface area (Å²) in [5, 5.41) is 0. The van der Waals surface area contributed by atoms with E-state index in [2.05, 4.69) is 177 Å². The predicted molar refractivity (Wildman–Crippen MR) is 300 cm³/mol. The van der Waals surface area contributed by atoms with Crippen LogP contribution in [0, 0.1) is 0 Å². The third kappa shape index (κ3) is 27.6. The van der Waals surface area contributed by atoms with Gasteiger partial charge in [-0.05, 0) is 177 Å². The van der Waals surface area contributed by atoms with E-state index in [-0.39, 0.29) is 25.4 Å². The lowest BCUT2D eigenvalue weighted by Crippen LogP contribution is -2.63. The van der Waals surface area contributed by atoms with E-state index >= 15 is 0 Å². The van der Waals surface area contributed by atoms with Crippen molar-refractivity contribution in [2.45, 2.75) is 263 Å². The quantitative estimate of drug-likeness (QED) is 0.0519. The van der Waals surface area contributed by atoms with Crippen LogP contribution in [0.3, 0.4) is 0 Å². The first-order valence-corrected chi connectivity index (χ1v) is 55.9. The van der Waals surface area contributed by atoms with E-state index in [9.17, 15) is 4.79 Å². The van der Waals surface area contributed by atoms with Crippen LogP contribution in [0.5, 0.6) is 0 Å². The number of hydrogen-bond donors (Lipinski definition) is 0. The molecule has 2 aliphatic heterocycles. The third-order valence-corrected chi connectivity index (χ3v) is 18.8. The maximum atomic E-state index is 13.4. The molecule has 23 heteroatoms. The van der Waals surface area contributed by atoms with Crippen molar-refractivity contribution in [2.24, 2.45) is 0 Å². The smallest absolute Gasteiger partial charge is 0.185 e. The van der Waals surface area contributed by atoms with Crippen LogP contribution in [-0.2, 0) is 63.6 Å². The van der Waals surface area contributed by atoms with Crippen LogP contribution in [0.4, 0.5) is 0 Å². The Bertz CT molecular complexity index is 1510. The van der Waals surface area contributed by atoms with Gasteiger partial charge in [-0.2, -0.15) is 0 Å². The molecule has 0 N–H and O–H groups in total. The lowest BCUT2D eigenvalue weighted by Gasteiger charge is -2.50. The normalized spacial score (nSPS) is 27.5. The zero-order chi connectivity index (χ0) is 52.9. The lowest BCUT2D eigenvalue weighted by molar-refractivity contribution is -0.334. The molecule has 0 spiro atoms. The maximum absolute atomic E-state index is 13.4. The second-order valence-corrected chi connectivity index (χ2v) is 68.0. The van der Waals surface area contributed by atoms with Crippen molar-refractivity contribution >= 4 is 81.1 Å². The summed E-state index contributed by atoms with van der Waals surface area (Å²) >= 11 is 0. The van der Waals surface area contributed by atoms with Gasteiger partial charge in [-0.25, -0.2) is 0 Å². The highest BCUT2D eigenvalue weighted by Gasteiger charge is 2.52. The average molecular weight is 1120 g/mol. The van der Waals surface area contributed by atoms with E-state index in [1.165, 1.54) is 0 Å². The summed E-state index contributed by atoms with van der Waals surface area (Å²) in [6.45, 7) is 59.3. The Balaban J connectivity index is 2.94. The van der Waals surface area contributed by atoms with E-state index in [4.69, 9.17) is 58.8 Å². The van der Waals surface area contributed by atoms with E-state index < -0.39 is 136 Å². The first-order chi connectivity index (χ1) is 30.2. The fourth-order valence-electron chi connectivity index (χ4n) is 7.69. The summed E-state index contributed by atoms with van der Waals surface area (Å²) in [5.74, 6) is 0. The highest BCUT2D eigenvalue weighted by atomic mass is 28.4. The molecule has 2 heterocycles. The van der Waals surface area contributed by atoms with Crippen molar-refractivity contribution < 1.29 is 63.6 Å². The van der Waals surface area contributed by atoms with Gasteiger partial charge in [0.15, 0.2) is 87.4 Å². The molecular formula is C45H104O14Si9. The van der Waals surface area contributed by atoms with Gasteiger partial charge < -0.3 is 63.6 Å². The van der Waals surface area contributed by atoms with E-state index in [0.717, 1.165) is 6.29 Å². The summed E-state index contributed by atoms with van der Waals surface area (Å²) in [6.07, 6.45) is -5.82. The predicted octanol–water partition coefficient (Wildman–Crippen LogP) is 11.1. The van der Waals surface area contributed by atoms with Crippen LogP contribution in [-0.4, -0.2) is 175 Å². The van der Waals surface area contributed by atoms with Gasteiger partial charge in [-0.3, -0.25) is 0 Å². The minimum absolute atomic E-state index is 0.246. The van der Waals surface area contributed by atoms with Crippen molar-refractivity contribution in [2.75, 3.05) is 19.8 Å². The van der Waals surface area contributed by atoms with E-state index in [1.807, 2.05) is 0 Å². The van der Waals surface area contributed by atoms with Gasteiger partial charge >= 0.3 is 0 Å². The molecule has 0 radical (unpaired) electrons. The number of ether oxygens (including phenoxy) is 4. The molecular weight excluding hydrogens is 1020 g/mol. The SMILES string of the molecule is C[Si](C)(C)OC[C@@H]1C[C@H](O[Si](C)(C)C)[C@@H](O[Si](C)(C)C)[C@@H](O[C@H]2C[C@@H](O[Si](C)(C)C)[C@@H](O[C@@H]([C@H](O[Si](C)(C)C)[C@H](C=O)O[Si](C)(C)C)[C@@H](CO[Si](C)(C)C)O[Si](C)(C)C)O[C@@H]2CO[Si](C)(C)C)O1. The van der Waals surface area contributed by atoms with Crippen LogP contribution < -0.4 is 0 Å². The molecule has 14 nitrogen and oxygen atoms in total. The van der Waals surface area contributed by atoms with Crippen LogP contribution in [0.2, 0.25) is 177 Å². The summed E-state index contributed by atoms with van der Waals surface area (Å²) in [5.41, 5.74) is 0. The lowest BCUT2D eigenvalue weighted by atomic mass is 9.99. The Morgan fingerprint density at radius 3 is 1.37 bits per heavy atom. The summed E-state index contributed by atoms with van der Waals surface area (Å²) < 4.78 is 91.0. The average Bonchev–Trinajstić information content (AvgIpc) is 3.07. The standard InChI is InChI=1S/C45H104O14Si9/c1-60(2,3)47-31-34-28-36(54-63(10,11)12)43(59-68(25,26)27)45(50-34)51-35-29-37(55-64(13,14)15)44(52-39(35)32-48-61(4,5)6)53-41(40(57-66(19,20)21)33-49-62(7,8)9)42(58-67(22,23)24)38(30-46)56-65(16,17)18/h30,34-45H,28-29,31-33H2,1-27H3/t34-,35-,36-,37+,38-,39+,40+,41+,42+,43+,44+,45+/m0/s1. The van der Waals surface area contributed by atoms with Gasteiger partial charge in [0, 0.05) is 12.8 Å². The van der Waals surface area contributed by atoms with E-state index in [1.54, 1.807) is 0 Å². The monoisotopic (exact) mass is 1120 g/mol. The molecule has 0 bridgehead atoms. The molecule has 0 aromatic rings. The summed E-state index contributed by atoms with van der Waals surface area (Å²) in [6, 6.07) is 0. The largest absolute Gasteiger partial charge is 0.415 e. The van der Waals surface area contributed by atoms with Crippen molar-refractivity contribution in [1.82, 2.24) is 0 Å². The van der Waals surface area contributed by atoms with Gasteiger partial charge in [0.05, 0.1) is 50.3 Å². The number of hydrogen-bond acceptors (Lipinski definition) is 14. The molecule has 0 aromatic carbocycles. The second-order valence-electron chi connectivity index (χ2n) is 27.7. The van der Waals surface area contributed by atoms with Crippen LogP contribution in [0.1, 0.15) is 12.8 Å². The van der Waals surface area contributed by atoms with E-state index in [0.29, 0.717) is 19.4 Å². The second kappa shape index (κ2) is 25.3. The zero-order valence-electron chi connectivity index (χ0n) is 48.3. The fraction of sp³-hybridized carbons (Fsp3) is 0.978. The van der Waals surface area contributed by atoms with Gasteiger partial charge in [-0.15, -0.1) is 0 Å². The molecule has 12 atom stereocenters. The third-order valence-electron chi connectivity index (χ3n) is 9.74. The van der Waals surface area contributed by atoms with Crippen LogP contribution >= 0.6 is 0 Å². The Hall–Kier alpha value is 1.10. The Labute approximate surface area is 425 Å². The number of carbonyl (C=O) groups excluding carboxylic acids is 1. The highest BCUT2D eigenvalue weighted by molar-refractivity contribution is 6.72. The molecule has 2 fully saturated rings. The van der Waals surface area contributed by atoms with Crippen molar-refractivity contribution in [1.29, 1.82) is 0 Å². The zero-order valence-corrected chi connectivity index (χ0v) is 57.3. The van der Waals surface area contributed by atoms with Crippen LogP contribution in [0.15, 0.2) is 0 Å². The molecule has 2 rings (SSSR count). The van der Waals surface area contributed by atoms with Gasteiger partial charge in [0.1, 0.15) is 36.8 Å². The van der Waals surface area contributed by atoms with Gasteiger partial charge in [-0.1, -0.05) is 0 Å². The topological polar surface area (TPSA) is 137 Å². The molecule has 0 amide bonds. The van der Waals surface area contributed by atoms with Gasteiger partial charge in [0.25, 0.3) is 0 Å². The molecule has 2 aliphatic rings. The Kier molecular flexibility index (Phi) is 24.3. The first-order valence-electron chi connectivity index (χ1n) is 25.3. The first kappa shape index (κ1) is 65.2. The molecule has 2 saturated heterocycles. The maximum Gasteiger partial charge on any atom is 0.185 e. The van der Waals surface area contributed by atoms with Gasteiger partial charge in [0.2, 0.25) is 0 Å². The molecule has 404 valence electrons. The van der Waals surface area contributed by atoms with Crippen LogP contribution in [0.25, 0.3) is 0 Å². The molecule has 0 aromatic heterocycles. The number of carbonyl (C=O) groups is 1. The summed E-state index contributed by atoms with van der Waals surface area (Å²) in [4.78, 5) is 13.4. The minimum Gasteiger partial charge on any atom is -0.415 e. The number of aldehydes is 1.